The normalized spacial score (nSPS) is 19.4. The number of aryl methyl sites for hydroxylation is 2. The number of hydrogen-bond donors (Lipinski definition) is 2. The van der Waals surface area contributed by atoms with Crippen molar-refractivity contribution in [2.75, 3.05) is 23.3 Å². The molecule has 0 bridgehead atoms. The molecule has 2 aliphatic rings. The van der Waals surface area contributed by atoms with Crippen molar-refractivity contribution >= 4 is 45.5 Å². The highest BCUT2D eigenvalue weighted by Crippen LogP contribution is 2.47. The first kappa shape index (κ1) is 24.5. The lowest BCUT2D eigenvalue weighted by molar-refractivity contribution is 0.0951. The second kappa shape index (κ2) is 9.87. The van der Waals surface area contributed by atoms with Crippen molar-refractivity contribution in [3.8, 4) is 11.5 Å². The molecule has 2 atom stereocenters. The number of benzene rings is 1. The van der Waals surface area contributed by atoms with Gasteiger partial charge in [-0.3, -0.25) is 9.78 Å². The Bertz CT molecular complexity index is 1700. The van der Waals surface area contributed by atoms with Gasteiger partial charge in [0.25, 0.3) is 5.91 Å². The third-order valence-corrected chi connectivity index (χ3v) is 8.49. The van der Waals surface area contributed by atoms with Crippen LogP contribution >= 0.6 is 11.3 Å². The molecule has 40 heavy (non-hydrogen) atoms. The number of rotatable bonds is 7. The number of carbonyl (C=O) groups excluding carboxylic acids is 1. The zero-order valence-electron chi connectivity index (χ0n) is 22.0. The maximum absolute atomic E-state index is 12.4. The lowest BCUT2D eigenvalue weighted by Gasteiger charge is -2.21. The number of ether oxygens (including phenoxy) is 1. The van der Waals surface area contributed by atoms with E-state index in [1.54, 1.807) is 18.7 Å². The Labute approximate surface area is 235 Å². The number of amides is 1. The number of aromatic nitrogens is 4. The Balaban J connectivity index is 1.05. The monoisotopic (exact) mass is 549 g/mol. The van der Waals surface area contributed by atoms with Gasteiger partial charge in [0.1, 0.15) is 29.5 Å². The van der Waals surface area contributed by atoms with Crippen LogP contribution in [0.4, 0.5) is 17.3 Å². The molecule has 0 spiro atoms. The summed E-state index contributed by atoms with van der Waals surface area (Å²) in [5.41, 5.74) is 3.61. The van der Waals surface area contributed by atoms with Crippen molar-refractivity contribution in [2.45, 2.75) is 19.9 Å². The van der Waals surface area contributed by atoms with E-state index in [-0.39, 0.29) is 11.9 Å². The number of carbonyl (C=O) groups is 1. The smallest absolute Gasteiger partial charge is 0.261 e. The van der Waals surface area contributed by atoms with Gasteiger partial charge in [0.15, 0.2) is 0 Å². The lowest BCUT2D eigenvalue weighted by atomic mass is 10.2. The Morgan fingerprint density at radius 2 is 1.88 bits per heavy atom. The largest absolute Gasteiger partial charge is 0.455 e. The van der Waals surface area contributed by atoms with Crippen molar-refractivity contribution in [3.05, 3.63) is 88.8 Å². The van der Waals surface area contributed by atoms with Gasteiger partial charge in [-0.2, -0.15) is 0 Å². The van der Waals surface area contributed by atoms with E-state index >= 15 is 0 Å². The van der Waals surface area contributed by atoms with Crippen molar-refractivity contribution in [1.29, 1.82) is 0 Å². The molecular formula is C30H27N7O2S. The molecule has 2 fully saturated rings. The summed E-state index contributed by atoms with van der Waals surface area (Å²) in [6.45, 7) is 5.69. The summed E-state index contributed by atoms with van der Waals surface area (Å²) in [4.78, 5) is 33.4. The molecule has 0 radical (unpaired) electrons. The first-order valence-corrected chi connectivity index (χ1v) is 14.1. The number of thiophene rings is 1. The number of anilines is 3. The molecule has 1 saturated carbocycles. The van der Waals surface area contributed by atoms with Crippen LogP contribution in [0.3, 0.4) is 0 Å². The number of pyridine rings is 2. The van der Waals surface area contributed by atoms with Gasteiger partial charge in [0.05, 0.1) is 22.8 Å². The highest BCUT2D eigenvalue weighted by molar-refractivity contribution is 7.12. The van der Waals surface area contributed by atoms with E-state index in [1.165, 1.54) is 11.3 Å². The quantitative estimate of drug-likeness (QED) is 0.274. The fourth-order valence-corrected chi connectivity index (χ4v) is 6.03. The van der Waals surface area contributed by atoms with Gasteiger partial charge in [0, 0.05) is 47.7 Å². The number of nitrogens with one attached hydrogen (secondary N) is 2. The summed E-state index contributed by atoms with van der Waals surface area (Å²) in [7, 11) is 0. The number of hydrogen-bond acceptors (Lipinski definition) is 9. The van der Waals surface area contributed by atoms with Gasteiger partial charge in [0.2, 0.25) is 0 Å². The Kier molecular flexibility index (Phi) is 6.04. The van der Waals surface area contributed by atoms with Crippen molar-refractivity contribution < 1.29 is 9.53 Å². The van der Waals surface area contributed by atoms with E-state index in [0.717, 1.165) is 63.2 Å². The van der Waals surface area contributed by atoms with Crippen LogP contribution in [0.5, 0.6) is 11.5 Å². The first-order chi connectivity index (χ1) is 19.5. The van der Waals surface area contributed by atoms with Gasteiger partial charge in [-0.15, -0.1) is 11.3 Å². The molecule has 1 aromatic carbocycles. The second-order valence-electron chi connectivity index (χ2n) is 10.3. The van der Waals surface area contributed by atoms with Crippen molar-refractivity contribution in [1.82, 2.24) is 25.3 Å². The lowest BCUT2D eigenvalue weighted by Crippen LogP contribution is -2.34. The van der Waals surface area contributed by atoms with E-state index in [9.17, 15) is 4.79 Å². The zero-order chi connectivity index (χ0) is 27.2. The van der Waals surface area contributed by atoms with Crippen LogP contribution in [0.2, 0.25) is 0 Å². The summed E-state index contributed by atoms with van der Waals surface area (Å²) in [5, 5.41) is 9.49. The molecule has 4 aromatic heterocycles. The van der Waals surface area contributed by atoms with Crippen LogP contribution in [0.1, 0.15) is 20.9 Å². The highest BCUT2D eigenvalue weighted by Gasteiger charge is 2.56. The maximum atomic E-state index is 12.4. The average molecular weight is 550 g/mol. The summed E-state index contributed by atoms with van der Waals surface area (Å²) < 4.78 is 6.02. The number of nitrogens with zero attached hydrogens (tertiary/aromatic N) is 5. The van der Waals surface area contributed by atoms with Crippen LogP contribution < -0.4 is 20.3 Å². The van der Waals surface area contributed by atoms with Gasteiger partial charge in [-0.05, 0) is 67.3 Å². The third-order valence-electron chi connectivity index (χ3n) is 7.62. The van der Waals surface area contributed by atoms with Crippen LogP contribution in [-0.4, -0.2) is 45.0 Å². The molecule has 10 heteroatoms. The molecule has 1 saturated heterocycles. The molecule has 2 N–H and O–H groups in total. The van der Waals surface area contributed by atoms with Gasteiger partial charge in [-0.1, -0.05) is 6.07 Å². The predicted octanol–water partition coefficient (Wildman–Crippen LogP) is 5.50. The third kappa shape index (κ3) is 4.71. The van der Waals surface area contributed by atoms with E-state index in [0.29, 0.717) is 17.6 Å². The van der Waals surface area contributed by atoms with Gasteiger partial charge >= 0.3 is 0 Å². The van der Waals surface area contributed by atoms with Gasteiger partial charge in [-0.25, -0.2) is 15.0 Å². The SMILES string of the molecule is Cc1ccc(Oc2ccc(Nc3ncnc4cnc(N5CC6C(C5)C6NC(=O)c5cccs5)cc34)cc2C)cn1. The molecule has 7 rings (SSSR count). The zero-order valence-corrected chi connectivity index (χ0v) is 22.9. The summed E-state index contributed by atoms with van der Waals surface area (Å²) >= 11 is 1.47. The molecule has 1 aliphatic heterocycles. The minimum Gasteiger partial charge on any atom is -0.455 e. The van der Waals surface area contributed by atoms with E-state index in [4.69, 9.17) is 9.72 Å². The van der Waals surface area contributed by atoms with E-state index in [2.05, 4.69) is 36.6 Å². The molecule has 1 amide bonds. The molecule has 1 aliphatic carbocycles. The highest BCUT2D eigenvalue weighted by atomic mass is 32.1. The average Bonchev–Trinajstić information content (AvgIpc) is 3.36. The predicted molar refractivity (Wildman–Crippen MR) is 156 cm³/mol. The minimum atomic E-state index is 0.0274. The van der Waals surface area contributed by atoms with Gasteiger partial charge < -0.3 is 20.3 Å². The fraction of sp³-hybridized carbons (Fsp3) is 0.233. The van der Waals surface area contributed by atoms with E-state index < -0.39 is 0 Å². The molecule has 9 nitrogen and oxygen atoms in total. The van der Waals surface area contributed by atoms with Crippen LogP contribution in [0.25, 0.3) is 10.9 Å². The number of fused-ring (bicyclic) bond motifs is 2. The molecule has 200 valence electrons. The Morgan fingerprint density at radius 1 is 1.00 bits per heavy atom. The van der Waals surface area contributed by atoms with E-state index in [1.807, 2.05) is 61.7 Å². The number of piperidine rings is 1. The van der Waals surface area contributed by atoms with Crippen molar-refractivity contribution in [3.63, 3.8) is 0 Å². The fourth-order valence-electron chi connectivity index (χ4n) is 5.40. The Morgan fingerprint density at radius 3 is 2.62 bits per heavy atom. The molecular weight excluding hydrogens is 522 g/mol. The van der Waals surface area contributed by atoms with Crippen LogP contribution in [0.15, 0.2) is 72.6 Å². The standard InChI is InChI=1S/C30H27N7O2S/c1-17-10-19(6-8-25(17)39-20-7-5-18(2)31-12-20)35-29-21-11-27(32-13-24(21)33-16-34-29)37-14-22-23(15-37)28(22)36-30(38)26-4-3-9-40-26/h3-13,16,22-23,28H,14-15H2,1-2H3,(H,36,38)(H,33,34,35). The van der Waals surface area contributed by atoms with Crippen LogP contribution in [-0.2, 0) is 0 Å². The minimum absolute atomic E-state index is 0.0274. The second-order valence-corrected chi connectivity index (χ2v) is 11.3. The van der Waals surface area contributed by atoms with Crippen LogP contribution in [0, 0.1) is 25.7 Å². The topological polar surface area (TPSA) is 105 Å². The molecule has 2 unspecified atom stereocenters. The summed E-state index contributed by atoms with van der Waals surface area (Å²) in [5.74, 6) is 4.01. The maximum Gasteiger partial charge on any atom is 0.261 e. The molecule has 5 aromatic rings. The molecule has 5 heterocycles. The Hall–Kier alpha value is -4.57. The summed E-state index contributed by atoms with van der Waals surface area (Å²) in [6.07, 6.45) is 5.08. The first-order valence-electron chi connectivity index (χ1n) is 13.2. The van der Waals surface area contributed by atoms with Crippen molar-refractivity contribution in [2.24, 2.45) is 11.8 Å². The summed E-state index contributed by atoms with van der Waals surface area (Å²) in [6, 6.07) is 15.9.